The first-order valence-corrected chi connectivity index (χ1v) is 9.48. The highest BCUT2D eigenvalue weighted by Crippen LogP contribution is 2.27. The van der Waals surface area contributed by atoms with Gasteiger partial charge in [-0.25, -0.2) is 4.79 Å². The Morgan fingerprint density at radius 3 is 2.43 bits per heavy atom. The van der Waals surface area contributed by atoms with Crippen molar-refractivity contribution in [2.75, 3.05) is 20.1 Å². The highest BCUT2D eigenvalue weighted by Gasteiger charge is 2.32. The number of carbonyl (C=O) groups excluding carboxylic acids is 2. The number of carbonyl (C=O) groups is 2. The number of rotatable bonds is 4. The van der Waals surface area contributed by atoms with Crippen LogP contribution in [0.5, 0.6) is 0 Å². The molecule has 1 heterocycles. The number of amides is 2. The summed E-state index contributed by atoms with van der Waals surface area (Å²) >= 11 is 0. The number of hydrogen-bond donors (Lipinski definition) is 0. The van der Waals surface area contributed by atoms with E-state index in [-0.39, 0.29) is 29.6 Å². The van der Waals surface area contributed by atoms with E-state index in [9.17, 15) is 19.7 Å². The molecule has 1 atom stereocenters. The van der Waals surface area contributed by atoms with Crippen LogP contribution in [0.2, 0.25) is 0 Å². The molecule has 1 aromatic rings. The SMILES string of the molecule is C[C@H](c1cccc([N+](=O)[O-])c1)N(C)C(=O)C1CCN(C(=O)OC(C)(C)C)CC1. The quantitative estimate of drug-likeness (QED) is 0.575. The normalized spacial score (nSPS) is 16.4. The van der Waals surface area contributed by atoms with Crippen LogP contribution in [-0.4, -0.2) is 52.5 Å². The first-order valence-electron chi connectivity index (χ1n) is 9.48. The molecule has 8 nitrogen and oxygen atoms in total. The van der Waals surface area contributed by atoms with Crippen molar-refractivity contribution in [1.82, 2.24) is 9.80 Å². The van der Waals surface area contributed by atoms with Gasteiger partial charge >= 0.3 is 6.09 Å². The van der Waals surface area contributed by atoms with Crippen LogP contribution in [0, 0.1) is 16.0 Å². The molecule has 0 N–H and O–H groups in total. The molecule has 0 spiro atoms. The van der Waals surface area contributed by atoms with E-state index in [0.29, 0.717) is 25.9 Å². The molecular weight excluding hydrogens is 362 g/mol. The highest BCUT2D eigenvalue weighted by molar-refractivity contribution is 5.79. The molecule has 0 radical (unpaired) electrons. The third-order valence-corrected chi connectivity index (χ3v) is 4.99. The summed E-state index contributed by atoms with van der Waals surface area (Å²) in [4.78, 5) is 38.9. The summed E-state index contributed by atoms with van der Waals surface area (Å²) < 4.78 is 5.38. The van der Waals surface area contributed by atoms with Crippen LogP contribution in [0.15, 0.2) is 24.3 Å². The first-order chi connectivity index (χ1) is 13.0. The van der Waals surface area contributed by atoms with Crippen molar-refractivity contribution < 1.29 is 19.2 Å². The van der Waals surface area contributed by atoms with Gasteiger partial charge in [0, 0.05) is 38.2 Å². The number of hydrogen-bond acceptors (Lipinski definition) is 5. The number of nitro groups is 1. The Kier molecular flexibility index (Phi) is 6.64. The van der Waals surface area contributed by atoms with Crippen LogP contribution >= 0.6 is 0 Å². The average Bonchev–Trinajstić information content (AvgIpc) is 2.65. The zero-order valence-corrected chi connectivity index (χ0v) is 17.2. The average molecular weight is 391 g/mol. The number of nitrogens with zero attached hydrogens (tertiary/aromatic N) is 3. The molecule has 1 fully saturated rings. The Bertz CT molecular complexity index is 736. The lowest BCUT2D eigenvalue weighted by atomic mass is 9.94. The fourth-order valence-electron chi connectivity index (χ4n) is 3.24. The van der Waals surface area contributed by atoms with E-state index in [1.165, 1.54) is 12.1 Å². The third kappa shape index (κ3) is 5.43. The number of piperidine rings is 1. The third-order valence-electron chi connectivity index (χ3n) is 4.99. The summed E-state index contributed by atoms with van der Waals surface area (Å²) in [5.74, 6) is -0.187. The second-order valence-corrected chi connectivity index (χ2v) is 8.22. The van der Waals surface area contributed by atoms with E-state index in [2.05, 4.69) is 0 Å². The molecule has 0 bridgehead atoms. The minimum atomic E-state index is -0.544. The summed E-state index contributed by atoms with van der Waals surface area (Å²) in [6.45, 7) is 8.28. The predicted octanol–water partition coefficient (Wildman–Crippen LogP) is 3.76. The molecule has 0 unspecified atom stereocenters. The lowest BCUT2D eigenvalue weighted by molar-refractivity contribution is -0.384. The van der Waals surface area contributed by atoms with E-state index in [1.807, 2.05) is 27.7 Å². The van der Waals surface area contributed by atoms with E-state index in [1.54, 1.807) is 29.0 Å². The molecule has 0 aliphatic carbocycles. The molecule has 2 rings (SSSR count). The molecule has 154 valence electrons. The molecule has 1 saturated heterocycles. The molecule has 1 aliphatic heterocycles. The Hall–Kier alpha value is -2.64. The van der Waals surface area contributed by atoms with Crippen LogP contribution in [0.3, 0.4) is 0 Å². The number of benzene rings is 1. The minimum absolute atomic E-state index is 0.0101. The molecular formula is C20H29N3O5. The maximum absolute atomic E-state index is 12.9. The van der Waals surface area contributed by atoms with Crippen molar-refractivity contribution in [2.24, 2.45) is 5.92 Å². The molecule has 2 amide bonds. The topological polar surface area (TPSA) is 93.0 Å². The van der Waals surface area contributed by atoms with E-state index >= 15 is 0 Å². The summed E-state index contributed by atoms with van der Waals surface area (Å²) in [5.41, 5.74) is 0.185. The van der Waals surface area contributed by atoms with Gasteiger partial charge in [0.15, 0.2) is 0 Å². The van der Waals surface area contributed by atoms with Crippen LogP contribution in [0.25, 0.3) is 0 Å². The second kappa shape index (κ2) is 8.58. The van der Waals surface area contributed by atoms with Crippen LogP contribution in [0.1, 0.15) is 52.1 Å². The van der Waals surface area contributed by atoms with E-state index in [4.69, 9.17) is 4.74 Å². The van der Waals surface area contributed by atoms with Crippen LogP contribution < -0.4 is 0 Å². The zero-order valence-electron chi connectivity index (χ0n) is 17.2. The van der Waals surface area contributed by atoms with E-state index < -0.39 is 10.5 Å². The number of likely N-dealkylation sites (tertiary alicyclic amines) is 1. The zero-order chi connectivity index (χ0) is 21.1. The first kappa shape index (κ1) is 21.7. The van der Waals surface area contributed by atoms with Crippen LogP contribution in [-0.2, 0) is 9.53 Å². The molecule has 1 aliphatic rings. The summed E-state index contributed by atoms with van der Waals surface area (Å²) in [6, 6.07) is 6.06. The summed E-state index contributed by atoms with van der Waals surface area (Å²) in [7, 11) is 1.71. The van der Waals surface area contributed by atoms with Gasteiger partial charge in [-0.05, 0) is 46.1 Å². The van der Waals surface area contributed by atoms with Crippen molar-refractivity contribution in [2.45, 2.75) is 52.2 Å². The lowest BCUT2D eigenvalue weighted by Gasteiger charge is -2.35. The fraction of sp³-hybridized carbons (Fsp3) is 0.600. The van der Waals surface area contributed by atoms with Gasteiger partial charge in [-0.2, -0.15) is 0 Å². The van der Waals surface area contributed by atoms with Crippen molar-refractivity contribution in [3.8, 4) is 0 Å². The standard InChI is InChI=1S/C20H29N3O5/c1-14(16-7-6-8-17(13-16)23(26)27)21(5)18(24)15-9-11-22(12-10-15)19(25)28-20(2,3)4/h6-8,13-15H,9-12H2,1-5H3/t14-/m1/s1. The highest BCUT2D eigenvalue weighted by atomic mass is 16.6. The van der Waals surface area contributed by atoms with Crippen molar-refractivity contribution >= 4 is 17.7 Å². The second-order valence-electron chi connectivity index (χ2n) is 8.22. The minimum Gasteiger partial charge on any atom is -0.444 e. The lowest BCUT2D eigenvalue weighted by Crippen LogP contribution is -2.45. The largest absolute Gasteiger partial charge is 0.444 e. The van der Waals surface area contributed by atoms with Gasteiger partial charge in [0.25, 0.3) is 5.69 Å². The molecule has 28 heavy (non-hydrogen) atoms. The number of ether oxygens (including phenoxy) is 1. The van der Waals surface area contributed by atoms with Crippen molar-refractivity contribution in [3.05, 3.63) is 39.9 Å². The number of nitro benzene ring substituents is 1. The van der Waals surface area contributed by atoms with Crippen LogP contribution in [0.4, 0.5) is 10.5 Å². The van der Waals surface area contributed by atoms with Gasteiger partial charge in [0.2, 0.25) is 5.91 Å². The molecule has 0 aromatic heterocycles. The summed E-state index contributed by atoms with van der Waals surface area (Å²) in [5, 5.41) is 11.0. The Balaban J connectivity index is 1.96. The molecule has 0 saturated carbocycles. The predicted molar refractivity (Wildman–Crippen MR) is 105 cm³/mol. The van der Waals surface area contributed by atoms with Gasteiger partial charge in [-0.1, -0.05) is 12.1 Å². The van der Waals surface area contributed by atoms with Gasteiger partial charge in [-0.15, -0.1) is 0 Å². The smallest absolute Gasteiger partial charge is 0.410 e. The molecule has 1 aromatic carbocycles. The Morgan fingerprint density at radius 1 is 1.29 bits per heavy atom. The van der Waals surface area contributed by atoms with Gasteiger partial charge in [0.05, 0.1) is 11.0 Å². The maximum atomic E-state index is 12.9. The van der Waals surface area contributed by atoms with Gasteiger partial charge in [-0.3, -0.25) is 14.9 Å². The van der Waals surface area contributed by atoms with Gasteiger partial charge < -0.3 is 14.5 Å². The summed E-state index contributed by atoms with van der Waals surface area (Å²) in [6.07, 6.45) is 0.797. The monoisotopic (exact) mass is 391 g/mol. The van der Waals surface area contributed by atoms with Crippen molar-refractivity contribution in [1.29, 1.82) is 0 Å². The number of non-ortho nitro benzene ring substituents is 1. The Morgan fingerprint density at radius 2 is 1.89 bits per heavy atom. The maximum Gasteiger partial charge on any atom is 0.410 e. The fourth-order valence-corrected chi connectivity index (χ4v) is 3.24. The van der Waals surface area contributed by atoms with Crippen molar-refractivity contribution in [3.63, 3.8) is 0 Å². The van der Waals surface area contributed by atoms with E-state index in [0.717, 1.165) is 5.56 Å². The Labute approximate surface area is 165 Å². The molecule has 8 heteroatoms. The van der Waals surface area contributed by atoms with Gasteiger partial charge in [0.1, 0.15) is 5.60 Å².